The molecule has 3 aliphatic carbocycles. The van der Waals surface area contributed by atoms with Crippen LogP contribution in [0.1, 0.15) is 112 Å². The first-order valence-electron chi connectivity index (χ1n) is 14.6. The summed E-state index contributed by atoms with van der Waals surface area (Å²) in [4.78, 5) is 0. The molecule has 3 saturated carbocycles. The Morgan fingerprint density at radius 3 is 2.56 bits per heavy atom. The summed E-state index contributed by atoms with van der Waals surface area (Å²) in [6.07, 6.45) is 15.2. The molecule has 4 N–H and O–H groups in total. The highest BCUT2D eigenvalue weighted by Crippen LogP contribution is 2.60. The normalized spacial score (nSPS) is 38.5. The molecule has 5 nitrogen and oxygen atoms in total. The lowest BCUT2D eigenvalue weighted by Crippen LogP contribution is -2.54. The number of rotatable bonds is 11. The average Bonchev–Trinajstić information content (AvgIpc) is 3.15. The van der Waals surface area contributed by atoms with Crippen molar-refractivity contribution in [1.82, 2.24) is 0 Å². The molecule has 208 valence electrons. The second-order valence-electron chi connectivity index (χ2n) is 13.3. The van der Waals surface area contributed by atoms with E-state index >= 15 is 0 Å². The lowest BCUT2D eigenvalue weighted by Gasteiger charge is -2.44. The van der Waals surface area contributed by atoms with Crippen LogP contribution in [-0.2, 0) is 4.74 Å². The van der Waals surface area contributed by atoms with E-state index in [1.54, 1.807) is 12.5 Å². The van der Waals surface area contributed by atoms with Gasteiger partial charge in [0.05, 0.1) is 17.8 Å². The van der Waals surface area contributed by atoms with E-state index in [9.17, 15) is 15.3 Å². The van der Waals surface area contributed by atoms with Gasteiger partial charge in [0.1, 0.15) is 5.60 Å². The fourth-order valence-corrected chi connectivity index (χ4v) is 7.50. The van der Waals surface area contributed by atoms with E-state index in [0.29, 0.717) is 43.1 Å². The van der Waals surface area contributed by atoms with Crippen molar-refractivity contribution >= 4 is 0 Å². The van der Waals surface area contributed by atoms with Crippen molar-refractivity contribution in [3.63, 3.8) is 0 Å². The molecule has 0 unspecified atom stereocenters. The average molecular weight is 507 g/mol. The van der Waals surface area contributed by atoms with Crippen LogP contribution in [0.3, 0.4) is 0 Å². The first-order valence-corrected chi connectivity index (χ1v) is 14.6. The molecule has 0 radical (unpaired) electrons. The van der Waals surface area contributed by atoms with Crippen LogP contribution in [0, 0.1) is 23.2 Å². The summed E-state index contributed by atoms with van der Waals surface area (Å²) in [5, 5.41) is 40.6. The number of unbranched alkanes of at least 4 members (excludes halogenated alkanes) is 1. The molecule has 0 spiro atoms. The predicted octanol–water partition coefficient (Wildman–Crippen LogP) is 5.70. The largest absolute Gasteiger partial charge is 0.396 e. The van der Waals surface area contributed by atoms with Gasteiger partial charge in [0.15, 0.2) is 0 Å². The molecular formula is C31H54O5. The zero-order chi connectivity index (χ0) is 26.6. The van der Waals surface area contributed by atoms with Crippen molar-refractivity contribution in [3.8, 4) is 0 Å². The summed E-state index contributed by atoms with van der Waals surface area (Å²) in [5.74, 6) is 2.05. The van der Waals surface area contributed by atoms with E-state index in [1.165, 1.54) is 32.1 Å². The molecule has 7 atom stereocenters. The van der Waals surface area contributed by atoms with E-state index in [1.807, 2.05) is 13.8 Å². The second kappa shape index (κ2) is 12.4. The van der Waals surface area contributed by atoms with Gasteiger partial charge in [-0.1, -0.05) is 50.0 Å². The highest BCUT2D eigenvalue weighted by atomic mass is 16.5. The fourth-order valence-electron chi connectivity index (χ4n) is 7.50. The molecule has 0 bridgehead atoms. The van der Waals surface area contributed by atoms with E-state index in [0.717, 1.165) is 37.2 Å². The van der Waals surface area contributed by atoms with Gasteiger partial charge in [0.25, 0.3) is 0 Å². The third kappa shape index (κ3) is 7.22. The number of hydrogen-bond donors (Lipinski definition) is 4. The van der Waals surface area contributed by atoms with Gasteiger partial charge in [0.2, 0.25) is 0 Å². The Balaban J connectivity index is 1.67. The summed E-state index contributed by atoms with van der Waals surface area (Å²) in [6.45, 7) is 11.1. The SMILES string of the molecule is C[C@H](CCCC(C)(C)O)[C@H]1CC[C@H]2/C(=C/C=C3\C[C@@H](O)[C@@](C)(O)[C@H](OCCCCO)C3)CCC[C@]12C. The summed E-state index contributed by atoms with van der Waals surface area (Å²) < 4.78 is 5.97. The molecule has 0 aromatic heterocycles. The summed E-state index contributed by atoms with van der Waals surface area (Å²) in [7, 11) is 0. The minimum absolute atomic E-state index is 0.145. The first-order chi connectivity index (χ1) is 16.9. The van der Waals surface area contributed by atoms with Gasteiger partial charge in [0, 0.05) is 13.2 Å². The van der Waals surface area contributed by atoms with Crippen LogP contribution in [-0.4, -0.2) is 57.0 Å². The van der Waals surface area contributed by atoms with Crippen molar-refractivity contribution < 1.29 is 25.2 Å². The molecule has 3 rings (SSSR count). The minimum Gasteiger partial charge on any atom is -0.396 e. The van der Waals surface area contributed by atoms with Gasteiger partial charge in [-0.3, -0.25) is 0 Å². The molecule has 0 amide bonds. The van der Waals surface area contributed by atoms with Gasteiger partial charge < -0.3 is 25.2 Å². The number of aliphatic hydroxyl groups excluding tert-OH is 2. The van der Waals surface area contributed by atoms with Crippen molar-refractivity contribution in [2.24, 2.45) is 23.2 Å². The van der Waals surface area contributed by atoms with Crippen molar-refractivity contribution in [1.29, 1.82) is 0 Å². The van der Waals surface area contributed by atoms with Crippen LogP contribution < -0.4 is 0 Å². The maximum absolute atomic E-state index is 10.9. The summed E-state index contributed by atoms with van der Waals surface area (Å²) >= 11 is 0. The standard InChI is InChI=1S/C31H54O5/c1-22(10-8-16-29(2,3)34)25-14-15-26-24(11-9-17-30(25,26)4)13-12-23-20-27(33)31(5,35)28(21-23)36-19-7-6-18-32/h12-13,22,25-28,32-35H,6-11,14-21H2,1-5H3/b23-12+,24-13+/t22-,25-,26+,27-,28-,30-,31-/m1/s1. The van der Waals surface area contributed by atoms with Gasteiger partial charge in [-0.25, -0.2) is 0 Å². The fraction of sp³-hybridized carbons (Fsp3) is 0.871. The second-order valence-corrected chi connectivity index (χ2v) is 13.3. The molecular weight excluding hydrogens is 452 g/mol. The van der Waals surface area contributed by atoms with Crippen LogP contribution in [0.4, 0.5) is 0 Å². The van der Waals surface area contributed by atoms with E-state index in [4.69, 9.17) is 9.84 Å². The number of aliphatic hydroxyl groups is 4. The number of fused-ring (bicyclic) bond motifs is 1. The Morgan fingerprint density at radius 1 is 1.11 bits per heavy atom. The molecule has 5 heteroatoms. The Kier molecular flexibility index (Phi) is 10.3. The van der Waals surface area contributed by atoms with Crippen molar-refractivity contribution in [3.05, 3.63) is 23.3 Å². The number of hydrogen-bond acceptors (Lipinski definition) is 5. The Bertz CT molecular complexity index is 763. The van der Waals surface area contributed by atoms with Crippen LogP contribution >= 0.6 is 0 Å². The number of ether oxygens (including phenoxy) is 1. The van der Waals surface area contributed by atoms with Crippen LogP contribution in [0.15, 0.2) is 23.3 Å². The molecule has 0 heterocycles. The van der Waals surface area contributed by atoms with Gasteiger partial charge >= 0.3 is 0 Å². The van der Waals surface area contributed by atoms with Crippen molar-refractivity contribution in [2.75, 3.05) is 13.2 Å². The van der Waals surface area contributed by atoms with E-state index < -0.39 is 23.4 Å². The summed E-state index contributed by atoms with van der Waals surface area (Å²) in [5.41, 5.74) is 1.24. The zero-order valence-corrected chi connectivity index (χ0v) is 23.6. The van der Waals surface area contributed by atoms with E-state index in [2.05, 4.69) is 26.0 Å². The third-order valence-corrected chi connectivity index (χ3v) is 9.81. The maximum atomic E-state index is 10.9. The quantitative estimate of drug-likeness (QED) is 0.270. The zero-order valence-electron chi connectivity index (χ0n) is 23.6. The Labute approximate surface area is 220 Å². The molecule has 0 aromatic carbocycles. The highest BCUT2D eigenvalue weighted by molar-refractivity contribution is 5.27. The van der Waals surface area contributed by atoms with Crippen molar-refractivity contribution in [2.45, 2.75) is 135 Å². The maximum Gasteiger partial charge on any atom is 0.114 e. The van der Waals surface area contributed by atoms with E-state index in [-0.39, 0.29) is 6.61 Å². The van der Waals surface area contributed by atoms with Crippen LogP contribution in [0.2, 0.25) is 0 Å². The molecule has 36 heavy (non-hydrogen) atoms. The predicted molar refractivity (Wildman–Crippen MR) is 146 cm³/mol. The first kappa shape index (κ1) is 29.8. The van der Waals surface area contributed by atoms with Gasteiger partial charge in [-0.2, -0.15) is 0 Å². The molecule has 3 fully saturated rings. The summed E-state index contributed by atoms with van der Waals surface area (Å²) in [6, 6.07) is 0. The topological polar surface area (TPSA) is 90.2 Å². The highest BCUT2D eigenvalue weighted by Gasteiger charge is 2.50. The molecule has 3 aliphatic rings. The lowest BCUT2D eigenvalue weighted by molar-refractivity contribution is -0.166. The van der Waals surface area contributed by atoms with Gasteiger partial charge in [-0.05, 0) is 108 Å². The Hall–Kier alpha value is -0.720. The smallest absolute Gasteiger partial charge is 0.114 e. The Morgan fingerprint density at radius 2 is 1.86 bits per heavy atom. The van der Waals surface area contributed by atoms with Gasteiger partial charge in [-0.15, -0.1) is 0 Å². The third-order valence-electron chi connectivity index (χ3n) is 9.81. The molecule has 0 aromatic rings. The monoisotopic (exact) mass is 506 g/mol. The number of allylic oxidation sites excluding steroid dienone is 3. The van der Waals surface area contributed by atoms with Crippen LogP contribution in [0.25, 0.3) is 0 Å². The molecule has 0 aliphatic heterocycles. The molecule has 0 saturated heterocycles. The minimum atomic E-state index is -1.26. The van der Waals surface area contributed by atoms with Crippen LogP contribution in [0.5, 0.6) is 0 Å². The lowest BCUT2D eigenvalue weighted by atomic mass is 9.60.